The van der Waals surface area contributed by atoms with Crippen molar-refractivity contribution < 1.29 is 9.90 Å². The van der Waals surface area contributed by atoms with Gasteiger partial charge < -0.3 is 10.0 Å². The summed E-state index contributed by atoms with van der Waals surface area (Å²) in [5.41, 5.74) is 1.24. The molecule has 0 saturated carbocycles. The number of nitrogens with zero attached hydrogens (tertiary/aromatic N) is 1. The van der Waals surface area contributed by atoms with Gasteiger partial charge in [-0.2, -0.15) is 0 Å². The maximum absolute atomic E-state index is 11.8. The van der Waals surface area contributed by atoms with Crippen LogP contribution >= 0.6 is 0 Å². The van der Waals surface area contributed by atoms with E-state index in [9.17, 15) is 9.90 Å². The minimum atomic E-state index is 0.169. The van der Waals surface area contributed by atoms with E-state index in [1.54, 1.807) is 12.1 Å². The van der Waals surface area contributed by atoms with Gasteiger partial charge in [0, 0.05) is 25.9 Å². The summed E-state index contributed by atoms with van der Waals surface area (Å²) in [6, 6.07) is 7.38. The number of benzene rings is 1. The Kier molecular flexibility index (Phi) is 4.46. The van der Waals surface area contributed by atoms with E-state index < -0.39 is 0 Å². The predicted octanol–water partition coefficient (Wildman–Crippen LogP) is 2.51. The Labute approximate surface area is 114 Å². The molecule has 0 spiro atoms. The number of piperidine rings is 1. The van der Waals surface area contributed by atoms with E-state index in [0.717, 1.165) is 25.9 Å². The van der Waals surface area contributed by atoms with E-state index >= 15 is 0 Å². The van der Waals surface area contributed by atoms with E-state index in [4.69, 9.17) is 6.42 Å². The first-order chi connectivity index (χ1) is 9.20. The molecule has 0 radical (unpaired) electrons. The highest BCUT2D eigenvalue weighted by Gasteiger charge is 2.23. The molecule has 19 heavy (non-hydrogen) atoms. The van der Waals surface area contributed by atoms with Gasteiger partial charge in [-0.25, -0.2) is 0 Å². The Bertz CT molecular complexity index is 465. The standard InChI is InChI=1S/C16H19NO2/c1-2-3-4-16(19)17-11-9-14(10-12-17)13-5-7-15(18)8-6-13/h1,5-8,14,18H,3-4,9-12H2. The highest BCUT2D eigenvalue weighted by Crippen LogP contribution is 2.29. The molecule has 1 fully saturated rings. The molecule has 1 amide bonds. The van der Waals surface area contributed by atoms with E-state index in [2.05, 4.69) is 5.92 Å². The average Bonchev–Trinajstić information content (AvgIpc) is 2.46. The van der Waals surface area contributed by atoms with Crippen molar-refractivity contribution in [1.82, 2.24) is 4.90 Å². The lowest BCUT2D eigenvalue weighted by molar-refractivity contribution is -0.132. The highest BCUT2D eigenvalue weighted by atomic mass is 16.3. The van der Waals surface area contributed by atoms with Crippen molar-refractivity contribution in [1.29, 1.82) is 0 Å². The number of amides is 1. The van der Waals surface area contributed by atoms with Crippen LogP contribution in [-0.4, -0.2) is 29.0 Å². The summed E-state index contributed by atoms with van der Waals surface area (Å²) in [6.45, 7) is 1.60. The van der Waals surface area contributed by atoms with Crippen LogP contribution in [0, 0.1) is 12.3 Å². The number of hydrogen-bond donors (Lipinski definition) is 1. The normalized spacial score (nSPS) is 16.1. The number of carbonyl (C=O) groups is 1. The maximum atomic E-state index is 11.8. The Morgan fingerprint density at radius 3 is 2.53 bits per heavy atom. The van der Waals surface area contributed by atoms with E-state index in [1.807, 2.05) is 17.0 Å². The fourth-order valence-corrected chi connectivity index (χ4v) is 2.55. The van der Waals surface area contributed by atoms with Crippen LogP contribution in [0.3, 0.4) is 0 Å². The van der Waals surface area contributed by atoms with Gasteiger partial charge in [0.2, 0.25) is 5.91 Å². The Hall–Kier alpha value is -1.95. The molecule has 3 heteroatoms. The van der Waals surface area contributed by atoms with Gasteiger partial charge in [-0.15, -0.1) is 12.3 Å². The van der Waals surface area contributed by atoms with Crippen molar-refractivity contribution in [2.75, 3.05) is 13.1 Å². The third-order valence-corrected chi connectivity index (χ3v) is 3.70. The smallest absolute Gasteiger partial charge is 0.223 e. The Balaban J connectivity index is 1.87. The predicted molar refractivity (Wildman–Crippen MR) is 74.7 cm³/mol. The molecule has 1 aliphatic heterocycles. The van der Waals surface area contributed by atoms with Crippen LogP contribution in [0.1, 0.15) is 37.2 Å². The van der Waals surface area contributed by atoms with E-state index in [-0.39, 0.29) is 5.91 Å². The summed E-state index contributed by atoms with van der Waals surface area (Å²) >= 11 is 0. The molecule has 0 aliphatic carbocycles. The lowest BCUT2D eigenvalue weighted by Gasteiger charge is -2.32. The minimum absolute atomic E-state index is 0.169. The average molecular weight is 257 g/mol. The number of terminal acetylenes is 1. The van der Waals surface area contributed by atoms with Crippen LogP contribution in [0.2, 0.25) is 0 Å². The van der Waals surface area contributed by atoms with Crippen molar-refractivity contribution >= 4 is 5.91 Å². The van der Waals surface area contributed by atoms with Crippen LogP contribution in [0.15, 0.2) is 24.3 Å². The first-order valence-electron chi connectivity index (χ1n) is 6.71. The van der Waals surface area contributed by atoms with Crippen molar-refractivity contribution in [2.45, 2.75) is 31.6 Å². The van der Waals surface area contributed by atoms with E-state index in [1.165, 1.54) is 5.56 Å². The maximum Gasteiger partial charge on any atom is 0.223 e. The molecule has 0 atom stereocenters. The number of rotatable bonds is 3. The molecule has 1 aromatic carbocycles. The summed E-state index contributed by atoms with van der Waals surface area (Å²) < 4.78 is 0. The lowest BCUT2D eigenvalue weighted by atomic mass is 9.89. The quantitative estimate of drug-likeness (QED) is 0.845. The number of hydrogen-bond acceptors (Lipinski definition) is 2. The Morgan fingerprint density at radius 1 is 1.32 bits per heavy atom. The van der Waals surface area contributed by atoms with Crippen molar-refractivity contribution in [3.8, 4) is 18.1 Å². The van der Waals surface area contributed by atoms with Crippen molar-refractivity contribution in [2.24, 2.45) is 0 Å². The van der Waals surface area contributed by atoms with Gasteiger partial charge in [0.05, 0.1) is 0 Å². The third kappa shape index (κ3) is 3.51. The monoisotopic (exact) mass is 257 g/mol. The molecule has 100 valence electrons. The molecular formula is C16H19NO2. The second-order valence-corrected chi connectivity index (χ2v) is 4.95. The van der Waals surface area contributed by atoms with Gasteiger partial charge in [0.1, 0.15) is 5.75 Å². The number of carbonyl (C=O) groups excluding carboxylic acids is 1. The van der Waals surface area contributed by atoms with Gasteiger partial charge in [0.25, 0.3) is 0 Å². The van der Waals surface area contributed by atoms with Gasteiger partial charge >= 0.3 is 0 Å². The molecule has 0 unspecified atom stereocenters. The van der Waals surface area contributed by atoms with Crippen molar-refractivity contribution in [3.63, 3.8) is 0 Å². The molecule has 0 aromatic heterocycles. The summed E-state index contributed by atoms with van der Waals surface area (Å²) in [5, 5.41) is 9.28. The number of phenolic OH excluding ortho intramolecular Hbond substituents is 1. The number of likely N-dealkylation sites (tertiary alicyclic amines) is 1. The molecule has 1 N–H and O–H groups in total. The van der Waals surface area contributed by atoms with Gasteiger partial charge in [-0.05, 0) is 36.5 Å². The van der Waals surface area contributed by atoms with Crippen LogP contribution in [0.25, 0.3) is 0 Å². The molecule has 1 aliphatic rings. The topological polar surface area (TPSA) is 40.5 Å². The molecule has 1 aromatic rings. The SMILES string of the molecule is C#CCCC(=O)N1CCC(c2ccc(O)cc2)CC1. The zero-order valence-corrected chi connectivity index (χ0v) is 11.0. The first kappa shape index (κ1) is 13.5. The van der Waals surface area contributed by atoms with Crippen LogP contribution in [0.5, 0.6) is 5.75 Å². The van der Waals surface area contributed by atoms with Crippen LogP contribution in [-0.2, 0) is 4.79 Å². The van der Waals surface area contributed by atoms with Crippen LogP contribution < -0.4 is 0 Å². The number of aromatic hydroxyl groups is 1. The van der Waals surface area contributed by atoms with Gasteiger partial charge in [-0.1, -0.05) is 12.1 Å². The molecule has 1 heterocycles. The number of phenols is 1. The summed E-state index contributed by atoms with van der Waals surface area (Å²) in [5.74, 6) is 3.46. The summed E-state index contributed by atoms with van der Waals surface area (Å²) in [7, 11) is 0. The molecule has 3 nitrogen and oxygen atoms in total. The van der Waals surface area contributed by atoms with Crippen LogP contribution in [0.4, 0.5) is 0 Å². The Morgan fingerprint density at radius 2 is 1.95 bits per heavy atom. The molecule has 2 rings (SSSR count). The van der Waals surface area contributed by atoms with Gasteiger partial charge in [-0.3, -0.25) is 4.79 Å². The van der Waals surface area contributed by atoms with Gasteiger partial charge in [0.15, 0.2) is 0 Å². The minimum Gasteiger partial charge on any atom is -0.508 e. The fraction of sp³-hybridized carbons (Fsp3) is 0.438. The molecular weight excluding hydrogens is 238 g/mol. The van der Waals surface area contributed by atoms with Crippen molar-refractivity contribution in [3.05, 3.63) is 29.8 Å². The zero-order chi connectivity index (χ0) is 13.7. The highest BCUT2D eigenvalue weighted by molar-refractivity contribution is 5.76. The van der Waals surface area contributed by atoms with E-state index in [0.29, 0.717) is 24.5 Å². The second kappa shape index (κ2) is 6.29. The summed E-state index contributed by atoms with van der Waals surface area (Å²) in [6.07, 6.45) is 8.12. The summed E-state index contributed by atoms with van der Waals surface area (Å²) in [4.78, 5) is 13.8. The fourth-order valence-electron chi connectivity index (χ4n) is 2.55. The largest absolute Gasteiger partial charge is 0.508 e. The molecule has 1 saturated heterocycles. The zero-order valence-electron chi connectivity index (χ0n) is 11.0. The first-order valence-corrected chi connectivity index (χ1v) is 6.71. The second-order valence-electron chi connectivity index (χ2n) is 4.95. The molecule has 0 bridgehead atoms. The lowest BCUT2D eigenvalue weighted by Crippen LogP contribution is -2.37. The third-order valence-electron chi connectivity index (χ3n) is 3.70.